The Kier molecular flexibility index (Phi) is 3.66. The van der Waals surface area contributed by atoms with Crippen molar-refractivity contribution in [2.24, 2.45) is 0 Å². The molecule has 1 fully saturated rings. The third kappa shape index (κ3) is 2.66. The van der Waals surface area contributed by atoms with Crippen LogP contribution in [0.1, 0.15) is 30.4 Å². The van der Waals surface area contributed by atoms with Gasteiger partial charge in [0.05, 0.1) is 16.7 Å². The SMILES string of the molecule is O=C1CCc2cc(S(=O)(=O)NC[C@H]3CCCO3)cc3c2N1CC3. The number of hydrogen-bond donors (Lipinski definition) is 1. The highest BCUT2D eigenvalue weighted by Gasteiger charge is 2.33. The van der Waals surface area contributed by atoms with Gasteiger partial charge in [-0.3, -0.25) is 4.79 Å². The second-order valence-corrected chi connectivity index (χ2v) is 8.14. The molecule has 0 saturated carbocycles. The maximum Gasteiger partial charge on any atom is 0.240 e. The molecule has 3 aliphatic rings. The van der Waals surface area contributed by atoms with Crippen molar-refractivity contribution in [1.82, 2.24) is 4.72 Å². The molecular weight excluding hydrogens is 316 g/mol. The van der Waals surface area contributed by atoms with Crippen LogP contribution < -0.4 is 9.62 Å². The summed E-state index contributed by atoms with van der Waals surface area (Å²) in [6.07, 6.45) is 3.66. The fourth-order valence-corrected chi connectivity index (χ4v) is 4.84. The van der Waals surface area contributed by atoms with E-state index in [2.05, 4.69) is 4.72 Å². The molecule has 6 nitrogen and oxygen atoms in total. The van der Waals surface area contributed by atoms with Crippen LogP contribution in [0.5, 0.6) is 0 Å². The molecule has 124 valence electrons. The molecule has 3 heterocycles. The Morgan fingerprint density at radius 1 is 1.22 bits per heavy atom. The van der Waals surface area contributed by atoms with Gasteiger partial charge in [-0.25, -0.2) is 13.1 Å². The van der Waals surface area contributed by atoms with Crippen LogP contribution in [0.25, 0.3) is 0 Å². The Balaban J connectivity index is 1.61. The molecule has 1 aromatic carbocycles. The Morgan fingerprint density at radius 2 is 2.00 bits per heavy atom. The van der Waals surface area contributed by atoms with Crippen LogP contribution in [0.2, 0.25) is 0 Å². The molecular formula is C16H20N2O4S. The minimum Gasteiger partial charge on any atom is -0.377 e. The van der Waals surface area contributed by atoms with Crippen LogP contribution >= 0.6 is 0 Å². The molecule has 0 radical (unpaired) electrons. The molecule has 0 aliphatic carbocycles. The molecule has 1 N–H and O–H groups in total. The van der Waals surface area contributed by atoms with Crippen molar-refractivity contribution in [3.8, 4) is 0 Å². The van der Waals surface area contributed by atoms with Gasteiger partial charge in [-0.1, -0.05) is 0 Å². The molecule has 4 rings (SSSR count). The predicted molar refractivity (Wildman–Crippen MR) is 85.0 cm³/mol. The second kappa shape index (κ2) is 5.58. The van der Waals surface area contributed by atoms with Crippen LogP contribution in [0.3, 0.4) is 0 Å². The molecule has 1 saturated heterocycles. The first-order chi connectivity index (χ1) is 11.0. The number of hydrogen-bond acceptors (Lipinski definition) is 4. The smallest absolute Gasteiger partial charge is 0.240 e. The summed E-state index contributed by atoms with van der Waals surface area (Å²) in [5.41, 5.74) is 2.88. The lowest BCUT2D eigenvalue weighted by Crippen LogP contribution is -2.33. The number of benzene rings is 1. The third-order valence-corrected chi connectivity index (χ3v) is 6.26. The van der Waals surface area contributed by atoms with Crippen LogP contribution in [0.15, 0.2) is 17.0 Å². The maximum atomic E-state index is 12.6. The molecule has 1 amide bonds. The summed E-state index contributed by atoms with van der Waals surface area (Å²) < 4.78 is 33.3. The number of aryl methyl sites for hydroxylation is 1. The first-order valence-electron chi connectivity index (χ1n) is 8.12. The van der Waals surface area contributed by atoms with Crippen molar-refractivity contribution in [1.29, 1.82) is 0 Å². The first-order valence-corrected chi connectivity index (χ1v) is 9.60. The number of anilines is 1. The zero-order valence-corrected chi connectivity index (χ0v) is 13.7. The maximum absolute atomic E-state index is 12.6. The number of amides is 1. The lowest BCUT2D eigenvalue weighted by atomic mass is 10.00. The number of ether oxygens (including phenoxy) is 1. The quantitative estimate of drug-likeness (QED) is 0.889. The highest BCUT2D eigenvalue weighted by atomic mass is 32.2. The molecule has 3 aliphatic heterocycles. The Hall–Kier alpha value is -1.44. The van der Waals surface area contributed by atoms with E-state index < -0.39 is 10.0 Å². The van der Waals surface area contributed by atoms with Crippen LogP contribution in [0.4, 0.5) is 5.69 Å². The van der Waals surface area contributed by atoms with Crippen molar-refractivity contribution in [2.45, 2.75) is 43.1 Å². The van der Waals surface area contributed by atoms with Gasteiger partial charge in [-0.15, -0.1) is 0 Å². The summed E-state index contributed by atoms with van der Waals surface area (Å²) in [6.45, 7) is 1.69. The summed E-state index contributed by atoms with van der Waals surface area (Å²) in [5, 5.41) is 0. The monoisotopic (exact) mass is 336 g/mol. The van der Waals surface area contributed by atoms with E-state index in [-0.39, 0.29) is 12.0 Å². The molecule has 1 atom stereocenters. The van der Waals surface area contributed by atoms with E-state index in [0.29, 0.717) is 37.4 Å². The van der Waals surface area contributed by atoms with E-state index in [1.54, 1.807) is 17.0 Å². The van der Waals surface area contributed by atoms with Crippen LogP contribution in [-0.4, -0.2) is 40.1 Å². The van der Waals surface area contributed by atoms with E-state index in [1.807, 2.05) is 0 Å². The van der Waals surface area contributed by atoms with Gasteiger partial charge in [0.1, 0.15) is 0 Å². The van der Waals surface area contributed by atoms with Crippen molar-refractivity contribution in [3.05, 3.63) is 23.3 Å². The number of nitrogens with zero attached hydrogens (tertiary/aromatic N) is 1. The van der Waals surface area contributed by atoms with Gasteiger partial charge in [0, 0.05) is 26.1 Å². The Labute approximate surface area is 135 Å². The molecule has 0 spiro atoms. The third-order valence-electron chi connectivity index (χ3n) is 4.86. The summed E-state index contributed by atoms with van der Waals surface area (Å²) in [6, 6.07) is 3.44. The Morgan fingerprint density at radius 3 is 2.74 bits per heavy atom. The van der Waals surface area contributed by atoms with Gasteiger partial charge in [-0.2, -0.15) is 0 Å². The van der Waals surface area contributed by atoms with Crippen molar-refractivity contribution >= 4 is 21.6 Å². The molecule has 0 unspecified atom stereocenters. The van der Waals surface area contributed by atoms with Crippen molar-refractivity contribution in [3.63, 3.8) is 0 Å². The zero-order valence-electron chi connectivity index (χ0n) is 12.9. The van der Waals surface area contributed by atoms with Crippen LogP contribution in [-0.2, 0) is 32.4 Å². The first kappa shape index (κ1) is 15.1. The lowest BCUT2D eigenvalue weighted by Gasteiger charge is -2.25. The largest absolute Gasteiger partial charge is 0.377 e. The summed E-state index contributed by atoms with van der Waals surface area (Å²) in [4.78, 5) is 14.0. The fourth-order valence-electron chi connectivity index (χ4n) is 3.67. The van der Waals surface area contributed by atoms with E-state index in [4.69, 9.17) is 4.74 Å². The van der Waals surface area contributed by atoms with Gasteiger partial charge in [0.25, 0.3) is 0 Å². The van der Waals surface area contributed by atoms with E-state index >= 15 is 0 Å². The number of carbonyl (C=O) groups excluding carboxylic acids is 1. The number of nitrogens with one attached hydrogen (secondary N) is 1. The highest BCUT2D eigenvalue weighted by Crippen LogP contribution is 2.38. The molecule has 1 aromatic rings. The van der Waals surface area contributed by atoms with E-state index in [1.165, 1.54) is 0 Å². The van der Waals surface area contributed by atoms with Crippen LogP contribution in [0, 0.1) is 0 Å². The number of carbonyl (C=O) groups is 1. The highest BCUT2D eigenvalue weighted by molar-refractivity contribution is 7.89. The molecule has 0 bridgehead atoms. The minimum absolute atomic E-state index is 0.0225. The topological polar surface area (TPSA) is 75.7 Å². The average molecular weight is 336 g/mol. The normalized spacial score (nSPS) is 23.4. The van der Waals surface area contributed by atoms with E-state index in [9.17, 15) is 13.2 Å². The number of sulfonamides is 1. The summed E-state index contributed by atoms with van der Waals surface area (Å²) in [5.74, 6) is 0.142. The second-order valence-electron chi connectivity index (χ2n) is 6.37. The van der Waals surface area contributed by atoms with E-state index in [0.717, 1.165) is 36.1 Å². The summed E-state index contributed by atoms with van der Waals surface area (Å²) in [7, 11) is -3.54. The fraction of sp³-hybridized carbons (Fsp3) is 0.562. The zero-order chi connectivity index (χ0) is 16.0. The van der Waals surface area contributed by atoms with Crippen molar-refractivity contribution in [2.75, 3.05) is 24.6 Å². The molecule has 0 aromatic heterocycles. The molecule has 7 heteroatoms. The summed E-state index contributed by atoms with van der Waals surface area (Å²) >= 11 is 0. The standard InChI is InChI=1S/C16H20N2O4S/c19-15-4-3-11-8-14(9-12-5-6-18(15)16(11)12)23(20,21)17-10-13-2-1-7-22-13/h8-9,13,17H,1-7,10H2/t13-/m1/s1. The average Bonchev–Trinajstić information content (AvgIpc) is 3.19. The number of rotatable bonds is 4. The lowest BCUT2D eigenvalue weighted by molar-refractivity contribution is -0.118. The van der Waals surface area contributed by atoms with Crippen molar-refractivity contribution < 1.29 is 17.9 Å². The molecule has 23 heavy (non-hydrogen) atoms. The van der Waals surface area contributed by atoms with Gasteiger partial charge >= 0.3 is 0 Å². The van der Waals surface area contributed by atoms with Gasteiger partial charge in [0.2, 0.25) is 15.9 Å². The van der Waals surface area contributed by atoms with Gasteiger partial charge in [-0.05, 0) is 48.9 Å². The predicted octanol–water partition coefficient (Wildman–Crippen LogP) is 0.979. The van der Waals surface area contributed by atoms with Gasteiger partial charge < -0.3 is 9.64 Å². The Bertz CT molecular complexity index is 754. The minimum atomic E-state index is -3.54. The van der Waals surface area contributed by atoms with Gasteiger partial charge in [0.15, 0.2) is 0 Å².